The highest BCUT2D eigenvalue weighted by Gasteiger charge is 2.28. The SMILES string of the molecule is COc1ccc(SC(=O)[C@H](F)[C@H](O)c2ccc([N+](=O)[O-])cc2)cc1. The summed E-state index contributed by atoms with van der Waals surface area (Å²) in [4.78, 5) is 22.4. The van der Waals surface area contributed by atoms with Crippen LogP contribution in [0.3, 0.4) is 0 Å². The zero-order valence-electron chi connectivity index (χ0n) is 12.6. The molecule has 0 amide bonds. The first kappa shape index (κ1) is 17.9. The number of carbonyl (C=O) groups excluding carboxylic acids is 1. The first-order valence-corrected chi connectivity index (χ1v) is 7.66. The highest BCUT2D eigenvalue weighted by molar-refractivity contribution is 8.13. The molecule has 0 spiro atoms. The third-order valence-electron chi connectivity index (χ3n) is 3.23. The highest BCUT2D eigenvalue weighted by Crippen LogP contribution is 2.29. The summed E-state index contributed by atoms with van der Waals surface area (Å²) in [5, 5.41) is 19.7. The minimum Gasteiger partial charge on any atom is -0.497 e. The Balaban J connectivity index is 2.04. The molecule has 0 aromatic heterocycles. The highest BCUT2D eigenvalue weighted by atomic mass is 32.2. The standard InChI is InChI=1S/C16H14FNO5S/c1-23-12-6-8-13(9-7-12)24-16(20)14(17)15(19)10-2-4-11(5-3-10)18(21)22/h2-9,14-15,19H,1H3/t14-,15-/m1/s1. The number of halogens is 1. The lowest BCUT2D eigenvalue weighted by atomic mass is 10.1. The largest absolute Gasteiger partial charge is 0.497 e. The molecule has 2 aromatic rings. The van der Waals surface area contributed by atoms with Gasteiger partial charge in [-0.3, -0.25) is 14.9 Å². The number of nitro benzene ring substituents is 1. The number of hydrogen-bond acceptors (Lipinski definition) is 6. The molecule has 0 bridgehead atoms. The van der Waals surface area contributed by atoms with Gasteiger partial charge in [-0.25, -0.2) is 4.39 Å². The Morgan fingerprint density at radius 2 is 1.79 bits per heavy atom. The van der Waals surface area contributed by atoms with Crippen LogP contribution in [-0.2, 0) is 4.79 Å². The maximum absolute atomic E-state index is 14.2. The first-order chi connectivity index (χ1) is 11.4. The maximum Gasteiger partial charge on any atom is 0.269 e. The van der Waals surface area contributed by atoms with Crippen molar-refractivity contribution in [1.82, 2.24) is 0 Å². The van der Waals surface area contributed by atoms with E-state index >= 15 is 0 Å². The summed E-state index contributed by atoms with van der Waals surface area (Å²) < 4.78 is 19.2. The molecule has 8 heteroatoms. The third-order valence-corrected chi connectivity index (χ3v) is 4.16. The van der Waals surface area contributed by atoms with Crippen LogP contribution in [0.1, 0.15) is 11.7 Å². The van der Waals surface area contributed by atoms with Crippen molar-refractivity contribution in [3.8, 4) is 5.75 Å². The zero-order chi connectivity index (χ0) is 17.7. The van der Waals surface area contributed by atoms with Crippen molar-refractivity contribution >= 4 is 22.6 Å². The van der Waals surface area contributed by atoms with Gasteiger partial charge in [0.2, 0.25) is 5.12 Å². The number of methoxy groups -OCH3 is 1. The molecule has 0 aliphatic carbocycles. The third kappa shape index (κ3) is 4.30. The summed E-state index contributed by atoms with van der Waals surface area (Å²) in [7, 11) is 1.51. The van der Waals surface area contributed by atoms with Crippen LogP contribution in [-0.4, -0.2) is 28.4 Å². The molecule has 0 heterocycles. The molecule has 1 N–H and O–H groups in total. The number of benzene rings is 2. The number of thioether (sulfide) groups is 1. The normalized spacial score (nSPS) is 13.1. The van der Waals surface area contributed by atoms with Crippen LogP contribution in [0.2, 0.25) is 0 Å². The summed E-state index contributed by atoms with van der Waals surface area (Å²) in [5.41, 5.74) is -0.0860. The molecule has 0 saturated carbocycles. The minimum atomic E-state index is -2.15. The van der Waals surface area contributed by atoms with Crippen LogP contribution >= 0.6 is 11.8 Å². The van der Waals surface area contributed by atoms with Crippen LogP contribution < -0.4 is 4.74 Å². The summed E-state index contributed by atoms with van der Waals surface area (Å²) in [5.74, 6) is 0.606. The van der Waals surface area contributed by atoms with E-state index < -0.39 is 22.3 Å². The van der Waals surface area contributed by atoms with Gasteiger partial charge in [-0.15, -0.1) is 0 Å². The van der Waals surface area contributed by atoms with E-state index in [1.165, 1.54) is 19.2 Å². The monoisotopic (exact) mass is 351 g/mol. The molecule has 2 atom stereocenters. The van der Waals surface area contributed by atoms with Gasteiger partial charge in [-0.05, 0) is 53.7 Å². The zero-order valence-corrected chi connectivity index (χ0v) is 13.4. The fraction of sp³-hybridized carbons (Fsp3) is 0.188. The summed E-state index contributed by atoms with van der Waals surface area (Å²) >= 11 is 0.664. The number of nitro groups is 1. The Morgan fingerprint density at radius 3 is 2.29 bits per heavy atom. The van der Waals surface area contributed by atoms with Crippen molar-refractivity contribution in [3.63, 3.8) is 0 Å². The van der Waals surface area contributed by atoms with Gasteiger partial charge in [0, 0.05) is 17.0 Å². The van der Waals surface area contributed by atoms with E-state index in [0.717, 1.165) is 12.1 Å². The van der Waals surface area contributed by atoms with E-state index in [1.807, 2.05) is 0 Å². The molecule has 0 saturated heterocycles. The van der Waals surface area contributed by atoms with Crippen molar-refractivity contribution in [1.29, 1.82) is 0 Å². The lowest BCUT2D eigenvalue weighted by molar-refractivity contribution is -0.384. The Bertz CT molecular complexity index is 720. The van der Waals surface area contributed by atoms with Crippen LogP contribution in [0.25, 0.3) is 0 Å². The van der Waals surface area contributed by atoms with Gasteiger partial charge >= 0.3 is 0 Å². The second-order valence-electron chi connectivity index (χ2n) is 4.79. The molecule has 2 rings (SSSR count). The molecule has 24 heavy (non-hydrogen) atoms. The summed E-state index contributed by atoms with van der Waals surface area (Å²) in [6.07, 6.45) is -3.84. The van der Waals surface area contributed by atoms with E-state index in [-0.39, 0.29) is 11.3 Å². The molecular weight excluding hydrogens is 337 g/mol. The fourth-order valence-corrected chi connectivity index (χ4v) is 2.65. The number of nitrogens with zero attached hydrogens (tertiary/aromatic N) is 1. The van der Waals surface area contributed by atoms with Gasteiger partial charge in [-0.1, -0.05) is 0 Å². The van der Waals surface area contributed by atoms with Crippen molar-refractivity contribution in [2.45, 2.75) is 17.2 Å². The topological polar surface area (TPSA) is 89.7 Å². The number of aliphatic hydroxyl groups is 1. The minimum absolute atomic E-state index is 0.0942. The number of alkyl halides is 1. The van der Waals surface area contributed by atoms with E-state index in [0.29, 0.717) is 22.4 Å². The Hall–Kier alpha value is -2.45. The molecule has 0 fully saturated rings. The van der Waals surface area contributed by atoms with Gasteiger partial charge in [0.25, 0.3) is 5.69 Å². The van der Waals surface area contributed by atoms with Gasteiger partial charge in [0.1, 0.15) is 11.9 Å². The Labute approximate surface area is 141 Å². The molecule has 2 aromatic carbocycles. The summed E-state index contributed by atoms with van der Waals surface area (Å²) in [6.45, 7) is 0. The van der Waals surface area contributed by atoms with Gasteiger partial charge in [0.05, 0.1) is 12.0 Å². The number of ether oxygens (including phenoxy) is 1. The number of hydrogen-bond donors (Lipinski definition) is 1. The van der Waals surface area contributed by atoms with E-state index in [2.05, 4.69) is 0 Å². The predicted molar refractivity (Wildman–Crippen MR) is 86.8 cm³/mol. The number of aliphatic hydroxyl groups excluding tert-OH is 1. The van der Waals surface area contributed by atoms with E-state index in [4.69, 9.17) is 4.74 Å². The molecule has 0 unspecified atom stereocenters. The fourth-order valence-electron chi connectivity index (χ4n) is 1.91. The lowest BCUT2D eigenvalue weighted by Gasteiger charge is -2.14. The molecule has 6 nitrogen and oxygen atoms in total. The van der Waals surface area contributed by atoms with Crippen LogP contribution in [0.4, 0.5) is 10.1 Å². The average molecular weight is 351 g/mol. The smallest absolute Gasteiger partial charge is 0.269 e. The van der Waals surface area contributed by atoms with Gasteiger partial charge in [0.15, 0.2) is 6.17 Å². The quantitative estimate of drug-likeness (QED) is 0.488. The lowest BCUT2D eigenvalue weighted by Crippen LogP contribution is -2.21. The van der Waals surface area contributed by atoms with Gasteiger partial charge in [-0.2, -0.15) is 0 Å². The van der Waals surface area contributed by atoms with Crippen molar-refractivity contribution in [3.05, 3.63) is 64.2 Å². The average Bonchev–Trinajstić information content (AvgIpc) is 2.61. The molecule has 0 radical (unpaired) electrons. The van der Waals surface area contributed by atoms with Crippen LogP contribution in [0.5, 0.6) is 5.75 Å². The maximum atomic E-state index is 14.2. The van der Waals surface area contributed by atoms with Crippen molar-refractivity contribution in [2.24, 2.45) is 0 Å². The first-order valence-electron chi connectivity index (χ1n) is 6.84. The second kappa shape index (κ2) is 7.89. The van der Waals surface area contributed by atoms with Crippen LogP contribution in [0.15, 0.2) is 53.4 Å². The van der Waals surface area contributed by atoms with Crippen LogP contribution in [0, 0.1) is 10.1 Å². The Kier molecular flexibility index (Phi) is 5.88. The molecule has 0 aliphatic heterocycles. The molecular formula is C16H14FNO5S. The second-order valence-corrected chi connectivity index (χ2v) is 5.87. The molecule has 126 valence electrons. The van der Waals surface area contributed by atoms with Gasteiger partial charge < -0.3 is 9.84 Å². The number of carbonyl (C=O) groups is 1. The Morgan fingerprint density at radius 1 is 1.21 bits per heavy atom. The number of rotatable bonds is 6. The van der Waals surface area contributed by atoms with E-state index in [1.54, 1.807) is 24.3 Å². The summed E-state index contributed by atoms with van der Waals surface area (Å²) in [6, 6.07) is 11.2. The predicted octanol–water partition coefficient (Wildman–Crippen LogP) is 3.29. The van der Waals surface area contributed by atoms with Crippen molar-refractivity contribution < 1.29 is 24.0 Å². The molecule has 0 aliphatic rings. The number of non-ortho nitro benzene ring substituents is 1. The van der Waals surface area contributed by atoms with Crippen molar-refractivity contribution in [2.75, 3.05) is 7.11 Å². The van der Waals surface area contributed by atoms with E-state index in [9.17, 15) is 24.4 Å².